The Labute approximate surface area is 121 Å². The Morgan fingerprint density at radius 1 is 1.10 bits per heavy atom. The molecule has 4 aliphatic rings. The molecule has 0 amide bonds. The largest absolute Gasteiger partial charge is 0.297 e. The molecule has 106 valence electrons. The highest BCUT2D eigenvalue weighted by molar-refractivity contribution is 5.86. The van der Waals surface area contributed by atoms with Gasteiger partial charge in [0.15, 0.2) is 11.7 Å². The Kier molecular flexibility index (Phi) is 2.78. The minimum Gasteiger partial charge on any atom is -0.297 e. The van der Waals surface area contributed by atoms with Crippen LogP contribution in [0.5, 0.6) is 0 Å². The van der Waals surface area contributed by atoms with Crippen molar-refractivity contribution in [2.45, 2.75) is 58.8 Å². The van der Waals surface area contributed by atoms with Gasteiger partial charge in [-0.2, -0.15) is 10.5 Å². The normalized spacial score (nSPS) is 45.1. The molecular formula is C17H22N2O. The molecule has 3 heteroatoms. The van der Waals surface area contributed by atoms with E-state index in [2.05, 4.69) is 13.8 Å². The fourth-order valence-corrected chi connectivity index (χ4v) is 6.53. The lowest BCUT2D eigenvalue weighted by Gasteiger charge is -2.65. The summed E-state index contributed by atoms with van der Waals surface area (Å²) in [6, 6.07) is 3.68. The van der Waals surface area contributed by atoms with Gasteiger partial charge in [-0.25, -0.2) is 0 Å². The quantitative estimate of drug-likeness (QED) is 0.787. The molecule has 20 heavy (non-hydrogen) atoms. The second-order valence-corrected chi connectivity index (χ2v) is 8.46. The van der Waals surface area contributed by atoms with Crippen LogP contribution < -0.4 is 0 Å². The van der Waals surface area contributed by atoms with Crippen LogP contribution in [0.3, 0.4) is 0 Å². The third-order valence-electron chi connectivity index (χ3n) is 5.87. The summed E-state index contributed by atoms with van der Waals surface area (Å²) in [6.07, 6.45) is 7.69. The highest BCUT2D eigenvalue weighted by Gasteiger charge is 2.60. The summed E-state index contributed by atoms with van der Waals surface area (Å²) in [5.74, 6) is -0.468. The predicted molar refractivity (Wildman–Crippen MR) is 74.2 cm³/mol. The molecule has 4 bridgehead atoms. The Hall–Kier alpha value is -1.35. The summed E-state index contributed by atoms with van der Waals surface area (Å²) in [4.78, 5) is 12.3. The van der Waals surface area contributed by atoms with E-state index in [-0.39, 0.29) is 11.2 Å². The van der Waals surface area contributed by atoms with Crippen molar-refractivity contribution in [3.8, 4) is 12.1 Å². The summed E-state index contributed by atoms with van der Waals surface area (Å²) in [5, 5.41) is 17.8. The van der Waals surface area contributed by atoms with Crippen molar-refractivity contribution in [3.05, 3.63) is 0 Å². The third kappa shape index (κ3) is 2.05. The molecule has 0 aliphatic heterocycles. The molecule has 3 nitrogen and oxygen atoms in total. The first kappa shape index (κ1) is 13.6. The van der Waals surface area contributed by atoms with Crippen molar-refractivity contribution in [1.29, 1.82) is 10.5 Å². The van der Waals surface area contributed by atoms with Gasteiger partial charge >= 0.3 is 0 Å². The molecule has 4 saturated carbocycles. The van der Waals surface area contributed by atoms with Gasteiger partial charge in [0.1, 0.15) is 0 Å². The number of nitrogens with zero attached hydrogens (tertiary/aromatic N) is 2. The van der Waals surface area contributed by atoms with Gasteiger partial charge in [-0.3, -0.25) is 4.79 Å². The van der Waals surface area contributed by atoms with Crippen molar-refractivity contribution < 1.29 is 4.79 Å². The average molecular weight is 270 g/mol. The number of carbonyl (C=O) groups excluding carboxylic acids is 1. The van der Waals surface area contributed by atoms with Crippen LogP contribution in [-0.2, 0) is 4.79 Å². The molecule has 0 radical (unpaired) electrons. The van der Waals surface area contributed by atoms with E-state index in [4.69, 9.17) is 10.5 Å². The van der Waals surface area contributed by atoms with Gasteiger partial charge in [0.25, 0.3) is 0 Å². The van der Waals surface area contributed by atoms with E-state index in [1.165, 1.54) is 19.3 Å². The number of hydrogen-bond acceptors (Lipinski definition) is 3. The summed E-state index contributed by atoms with van der Waals surface area (Å²) >= 11 is 0. The van der Waals surface area contributed by atoms with Crippen molar-refractivity contribution in [1.82, 2.24) is 0 Å². The molecule has 4 aliphatic carbocycles. The van der Waals surface area contributed by atoms with Crippen LogP contribution in [0, 0.1) is 50.7 Å². The first-order chi connectivity index (χ1) is 9.31. The van der Waals surface area contributed by atoms with Gasteiger partial charge in [0.05, 0.1) is 12.1 Å². The Balaban J connectivity index is 1.85. The zero-order valence-corrected chi connectivity index (χ0v) is 12.4. The summed E-state index contributed by atoms with van der Waals surface area (Å²) in [6.45, 7) is 4.75. The van der Waals surface area contributed by atoms with E-state index >= 15 is 0 Å². The Morgan fingerprint density at radius 2 is 1.65 bits per heavy atom. The van der Waals surface area contributed by atoms with Crippen LogP contribution in [0.2, 0.25) is 0 Å². The molecule has 0 aromatic carbocycles. The van der Waals surface area contributed by atoms with Crippen molar-refractivity contribution >= 4 is 5.78 Å². The molecule has 0 N–H and O–H groups in total. The molecule has 2 unspecified atom stereocenters. The van der Waals surface area contributed by atoms with Crippen LogP contribution in [0.25, 0.3) is 0 Å². The van der Waals surface area contributed by atoms with Crippen LogP contribution >= 0.6 is 0 Å². The number of nitriles is 2. The van der Waals surface area contributed by atoms with E-state index < -0.39 is 5.92 Å². The first-order valence-corrected chi connectivity index (χ1v) is 7.63. The smallest absolute Gasteiger partial charge is 0.191 e. The molecule has 2 atom stereocenters. The number of hydrogen-bond donors (Lipinski definition) is 0. The summed E-state index contributed by atoms with van der Waals surface area (Å²) in [7, 11) is 0. The second kappa shape index (κ2) is 4.08. The Bertz CT molecular complexity index is 506. The Morgan fingerprint density at radius 3 is 2.10 bits per heavy atom. The molecule has 0 aromatic rings. The maximum absolute atomic E-state index is 12.3. The number of carbonyl (C=O) groups is 1. The van der Waals surface area contributed by atoms with Gasteiger partial charge in [-0.15, -0.1) is 0 Å². The topological polar surface area (TPSA) is 64.7 Å². The molecule has 0 aromatic heterocycles. The maximum Gasteiger partial charge on any atom is 0.191 e. The van der Waals surface area contributed by atoms with Crippen LogP contribution in [0.15, 0.2) is 0 Å². The number of Topliss-reactive ketones (excluding diaryl/α,β-unsaturated/α-hetero) is 1. The van der Waals surface area contributed by atoms with Gasteiger partial charge in [-0.1, -0.05) is 13.8 Å². The first-order valence-electron chi connectivity index (χ1n) is 7.63. The molecule has 0 spiro atoms. The molecule has 4 rings (SSSR count). The van der Waals surface area contributed by atoms with Gasteiger partial charge in [0, 0.05) is 6.42 Å². The molecular weight excluding hydrogens is 248 g/mol. The lowest BCUT2D eigenvalue weighted by molar-refractivity contribution is -0.155. The van der Waals surface area contributed by atoms with Crippen molar-refractivity contribution in [3.63, 3.8) is 0 Å². The van der Waals surface area contributed by atoms with E-state index in [9.17, 15) is 4.79 Å². The zero-order valence-electron chi connectivity index (χ0n) is 12.4. The van der Waals surface area contributed by atoms with Crippen LogP contribution in [0.1, 0.15) is 58.8 Å². The standard InChI is InChI=1S/C17H22N2O/c1-15-3-12-4-16(2,9-15)11-17(5-12,10-15)6-14(20)13(7-18)8-19/h12-13H,3-6,9-11H2,1-2H3. The maximum atomic E-state index is 12.3. The lowest BCUT2D eigenvalue weighted by Crippen LogP contribution is -2.55. The molecule has 0 heterocycles. The van der Waals surface area contributed by atoms with Gasteiger partial charge in [-0.05, 0) is 60.7 Å². The average Bonchev–Trinajstić information content (AvgIpc) is 2.24. The van der Waals surface area contributed by atoms with E-state index in [0.29, 0.717) is 17.3 Å². The highest BCUT2D eigenvalue weighted by Crippen LogP contribution is 2.70. The molecule has 4 fully saturated rings. The fourth-order valence-electron chi connectivity index (χ4n) is 6.53. The van der Waals surface area contributed by atoms with E-state index in [0.717, 1.165) is 25.2 Å². The number of rotatable bonds is 3. The van der Waals surface area contributed by atoms with Gasteiger partial charge < -0.3 is 0 Å². The fraction of sp³-hybridized carbons (Fsp3) is 0.824. The third-order valence-corrected chi connectivity index (χ3v) is 5.87. The minimum atomic E-state index is -1.07. The summed E-state index contributed by atoms with van der Waals surface area (Å²) in [5.41, 5.74) is 0.832. The second-order valence-electron chi connectivity index (χ2n) is 8.46. The summed E-state index contributed by atoms with van der Waals surface area (Å²) < 4.78 is 0. The van der Waals surface area contributed by atoms with E-state index in [1.807, 2.05) is 12.1 Å². The minimum absolute atomic E-state index is 0.0753. The SMILES string of the molecule is CC12CC3CC(C)(C1)CC(CC(=O)C(C#N)C#N)(C3)C2. The monoisotopic (exact) mass is 270 g/mol. The number of ketones is 1. The highest BCUT2D eigenvalue weighted by atomic mass is 16.1. The zero-order chi connectivity index (χ0) is 14.6. The predicted octanol–water partition coefficient (Wildman–Crippen LogP) is 3.61. The van der Waals surface area contributed by atoms with Gasteiger partial charge in [0.2, 0.25) is 0 Å². The van der Waals surface area contributed by atoms with Crippen LogP contribution in [-0.4, -0.2) is 5.78 Å². The van der Waals surface area contributed by atoms with Crippen LogP contribution in [0.4, 0.5) is 0 Å². The van der Waals surface area contributed by atoms with E-state index in [1.54, 1.807) is 0 Å². The molecule has 0 saturated heterocycles. The van der Waals surface area contributed by atoms with Crippen molar-refractivity contribution in [2.75, 3.05) is 0 Å². The lowest BCUT2D eigenvalue weighted by atomic mass is 9.39. The van der Waals surface area contributed by atoms with Crippen molar-refractivity contribution in [2.24, 2.45) is 28.1 Å².